The van der Waals surface area contributed by atoms with Gasteiger partial charge >= 0.3 is 0 Å². The first-order valence-electron chi connectivity index (χ1n) is 13.4. The molecule has 2 aliphatic heterocycles. The summed E-state index contributed by atoms with van der Waals surface area (Å²) in [5, 5.41) is 16.3. The molecule has 13 nitrogen and oxygen atoms in total. The molecule has 0 saturated carbocycles. The molecule has 0 spiro atoms. The lowest BCUT2D eigenvalue weighted by atomic mass is 9.85. The van der Waals surface area contributed by atoms with Gasteiger partial charge in [0.05, 0.1) is 23.1 Å². The van der Waals surface area contributed by atoms with Crippen molar-refractivity contribution in [2.24, 2.45) is 0 Å². The van der Waals surface area contributed by atoms with E-state index in [4.69, 9.17) is 10.7 Å². The highest BCUT2D eigenvalue weighted by Gasteiger charge is 2.45. The molecule has 0 radical (unpaired) electrons. The number of amides is 1. The Hall–Kier alpha value is -5.01. The highest BCUT2D eigenvalue weighted by Crippen LogP contribution is 2.45. The number of piperidine rings is 1. The minimum absolute atomic E-state index is 0.00240. The van der Waals surface area contributed by atoms with Gasteiger partial charge in [0.15, 0.2) is 18.2 Å². The normalized spacial score (nSPS) is 20.1. The van der Waals surface area contributed by atoms with Crippen molar-refractivity contribution < 1.29 is 14.0 Å². The largest absolute Gasteiger partial charge is 0.383 e. The van der Waals surface area contributed by atoms with E-state index in [0.29, 0.717) is 46.7 Å². The Bertz CT molecular complexity index is 1760. The number of carbonyl (C=O) groups is 2. The van der Waals surface area contributed by atoms with Gasteiger partial charge in [0, 0.05) is 41.5 Å². The Morgan fingerprint density at radius 2 is 1.93 bits per heavy atom. The second-order valence-electron chi connectivity index (χ2n) is 10.5. The molecule has 2 bridgehead atoms. The summed E-state index contributed by atoms with van der Waals surface area (Å²) in [5.41, 5.74) is 10.7. The van der Waals surface area contributed by atoms with Crippen LogP contribution in [-0.4, -0.2) is 73.2 Å². The Kier molecular flexibility index (Phi) is 5.83. The summed E-state index contributed by atoms with van der Waals surface area (Å²) in [7, 11) is 0. The van der Waals surface area contributed by atoms with Crippen molar-refractivity contribution in [2.75, 3.05) is 5.73 Å². The lowest BCUT2D eigenvalue weighted by Gasteiger charge is -2.38. The number of pyridine rings is 1. The number of hydrogen-bond donors (Lipinski definition) is 2. The number of nitrogen functional groups attached to an aromatic ring is 1. The maximum Gasteiger partial charge on any atom is 0.292 e. The molecule has 208 valence electrons. The summed E-state index contributed by atoms with van der Waals surface area (Å²) in [4.78, 5) is 40.2. The smallest absolute Gasteiger partial charge is 0.292 e. The number of rotatable bonds is 6. The molecule has 7 rings (SSSR count). The number of ketones is 1. The second-order valence-corrected chi connectivity index (χ2v) is 10.5. The lowest BCUT2D eigenvalue weighted by Crippen LogP contribution is -2.46. The fraction of sp³-hybridized carbons (Fsp3) is 0.333. The third-order valence-electron chi connectivity index (χ3n) is 8.14. The van der Waals surface area contributed by atoms with Gasteiger partial charge in [0.25, 0.3) is 5.91 Å². The van der Waals surface area contributed by atoms with E-state index in [1.165, 1.54) is 22.4 Å². The van der Waals surface area contributed by atoms with E-state index >= 15 is 0 Å². The zero-order valence-corrected chi connectivity index (χ0v) is 22.1. The molecule has 2 aliphatic rings. The van der Waals surface area contributed by atoms with Crippen molar-refractivity contribution in [1.82, 2.24) is 49.4 Å². The van der Waals surface area contributed by atoms with Gasteiger partial charge in [-0.2, -0.15) is 14.7 Å². The maximum atomic E-state index is 13.1. The van der Waals surface area contributed by atoms with Crippen molar-refractivity contribution in [3.8, 4) is 22.5 Å². The Balaban J connectivity index is 1.25. The monoisotopic (exact) mass is 555 g/mol. The Morgan fingerprint density at radius 3 is 2.56 bits per heavy atom. The summed E-state index contributed by atoms with van der Waals surface area (Å²) < 4.78 is 15.6. The molecule has 5 aromatic rings. The molecular weight excluding hydrogens is 529 g/mol. The van der Waals surface area contributed by atoms with Crippen molar-refractivity contribution in [2.45, 2.75) is 57.4 Å². The number of fused-ring (bicyclic) bond motifs is 3. The van der Waals surface area contributed by atoms with E-state index < -0.39 is 6.80 Å². The minimum atomic E-state index is -0.712. The van der Waals surface area contributed by atoms with Gasteiger partial charge in [-0.25, -0.2) is 14.1 Å². The molecule has 5 aromatic heterocycles. The number of H-pyrrole nitrogens is 1. The predicted molar refractivity (Wildman–Crippen MR) is 144 cm³/mol. The number of aromatic nitrogens is 9. The van der Waals surface area contributed by atoms with E-state index in [-0.39, 0.29) is 41.3 Å². The molecule has 7 heterocycles. The number of anilines is 1. The van der Waals surface area contributed by atoms with E-state index in [1.54, 1.807) is 30.7 Å². The van der Waals surface area contributed by atoms with Crippen LogP contribution in [0.4, 0.5) is 10.2 Å². The number of aromatic amines is 1. The fourth-order valence-electron chi connectivity index (χ4n) is 6.33. The summed E-state index contributed by atoms with van der Waals surface area (Å²) >= 11 is 0. The topological polar surface area (TPSA) is 166 Å². The average Bonchev–Trinajstić information content (AvgIpc) is 3.79. The predicted octanol–water partition coefficient (Wildman–Crippen LogP) is 3.04. The summed E-state index contributed by atoms with van der Waals surface area (Å²) in [5.74, 6) is 0.0562. The summed E-state index contributed by atoms with van der Waals surface area (Å²) in [6.07, 6.45) is 9.35. The number of nitrogens with two attached hydrogens (primary N) is 1. The van der Waals surface area contributed by atoms with Crippen LogP contribution in [-0.2, 0) is 6.80 Å². The zero-order chi connectivity index (χ0) is 28.2. The molecule has 2 saturated heterocycles. The van der Waals surface area contributed by atoms with Crippen molar-refractivity contribution >= 4 is 23.2 Å². The molecule has 1 unspecified atom stereocenters. The zero-order valence-electron chi connectivity index (χ0n) is 22.1. The second kappa shape index (κ2) is 9.57. The number of halogens is 1. The third-order valence-corrected chi connectivity index (χ3v) is 8.14. The molecule has 1 amide bonds. The highest BCUT2D eigenvalue weighted by molar-refractivity contribution is 6.00. The van der Waals surface area contributed by atoms with Gasteiger partial charge in [-0.3, -0.25) is 14.6 Å². The van der Waals surface area contributed by atoms with Crippen LogP contribution in [0.1, 0.15) is 65.2 Å². The standard InChI is InChI=1S/C27H26FN11O2/c1-14(40)22-23(16-8-17-3-4-18(9-16)38(17)27(41)25-31-13-32-35-25)34-26-19(11-33-39(26)24(22)29)15-2-5-20(30-10-15)21-6-7-37(12-28)36-21/h2,5-7,10-11,13,16-18H,3-4,8-9,12,29H2,1H3,(H,31,32,35)/t16?,17-,18+. The van der Waals surface area contributed by atoms with Crippen LogP contribution < -0.4 is 5.73 Å². The molecule has 3 atom stereocenters. The number of alkyl halides is 1. The van der Waals surface area contributed by atoms with Gasteiger partial charge in [0.2, 0.25) is 5.82 Å². The Labute approximate surface area is 232 Å². The maximum absolute atomic E-state index is 13.1. The van der Waals surface area contributed by atoms with E-state index in [9.17, 15) is 14.0 Å². The Morgan fingerprint density at radius 1 is 1.12 bits per heavy atom. The van der Waals surface area contributed by atoms with Gasteiger partial charge in [0.1, 0.15) is 17.8 Å². The first-order valence-corrected chi connectivity index (χ1v) is 13.4. The van der Waals surface area contributed by atoms with Crippen LogP contribution in [0, 0.1) is 0 Å². The lowest BCUT2D eigenvalue weighted by molar-refractivity contribution is 0.0556. The first kappa shape index (κ1) is 25.0. The van der Waals surface area contributed by atoms with Crippen LogP contribution in [0.25, 0.3) is 28.2 Å². The number of Topliss-reactive ketones (excluding diaryl/α,β-unsaturated/α-hetero) is 1. The fourth-order valence-corrected chi connectivity index (χ4v) is 6.33. The van der Waals surface area contributed by atoms with Gasteiger partial charge < -0.3 is 15.6 Å². The summed E-state index contributed by atoms with van der Waals surface area (Å²) in [6.45, 7) is 0.771. The number of hydrogen-bond acceptors (Lipinski definition) is 9. The SMILES string of the molecule is CC(=O)c1c(C2C[C@H]3CC[C@@H](C2)N3C(=O)c2nnc[nH]2)nc2c(-c3ccc(-c4ccn(CF)n4)nc3)cnn2c1N. The third kappa shape index (κ3) is 4.05. The minimum Gasteiger partial charge on any atom is -0.383 e. The van der Waals surface area contributed by atoms with Crippen molar-refractivity contribution in [1.29, 1.82) is 0 Å². The molecule has 14 heteroatoms. The summed E-state index contributed by atoms with van der Waals surface area (Å²) in [6, 6.07) is 5.37. The van der Waals surface area contributed by atoms with Gasteiger partial charge in [-0.05, 0) is 44.7 Å². The molecule has 2 fully saturated rings. The van der Waals surface area contributed by atoms with Crippen molar-refractivity contribution in [3.05, 3.63) is 60.2 Å². The number of carbonyl (C=O) groups excluding carboxylic acids is 2. The molecule has 41 heavy (non-hydrogen) atoms. The molecule has 3 N–H and O–H groups in total. The van der Waals surface area contributed by atoms with Crippen LogP contribution in [0.15, 0.2) is 43.1 Å². The average molecular weight is 556 g/mol. The van der Waals surface area contributed by atoms with Crippen molar-refractivity contribution in [3.63, 3.8) is 0 Å². The first-order chi connectivity index (χ1) is 19.9. The van der Waals surface area contributed by atoms with Crippen LogP contribution in [0.5, 0.6) is 0 Å². The molecular formula is C27H26FN11O2. The van der Waals surface area contributed by atoms with Gasteiger partial charge in [-0.15, -0.1) is 10.2 Å². The number of nitrogens with one attached hydrogen (secondary N) is 1. The molecule has 0 aromatic carbocycles. The van der Waals surface area contributed by atoms with E-state index in [0.717, 1.165) is 18.4 Å². The van der Waals surface area contributed by atoms with Gasteiger partial charge in [-0.1, -0.05) is 6.07 Å². The molecule has 0 aliphatic carbocycles. The van der Waals surface area contributed by atoms with E-state index in [1.807, 2.05) is 11.0 Å². The number of nitrogens with zero attached hydrogens (tertiary/aromatic N) is 9. The van der Waals surface area contributed by atoms with Crippen LogP contribution in [0.3, 0.4) is 0 Å². The van der Waals surface area contributed by atoms with E-state index in [2.05, 4.69) is 30.4 Å². The van der Waals surface area contributed by atoms with Crippen LogP contribution >= 0.6 is 0 Å². The van der Waals surface area contributed by atoms with Crippen LogP contribution in [0.2, 0.25) is 0 Å². The quantitative estimate of drug-likeness (QED) is 0.299. The highest BCUT2D eigenvalue weighted by atomic mass is 19.1.